The molecule has 1 atom stereocenters. The minimum atomic E-state index is -3.39. The summed E-state index contributed by atoms with van der Waals surface area (Å²) in [5, 5.41) is 0. The molecule has 0 aromatic carbocycles. The van der Waals surface area contributed by atoms with Crippen LogP contribution in [0.3, 0.4) is 0 Å². The van der Waals surface area contributed by atoms with Crippen molar-refractivity contribution in [3.8, 4) is 0 Å². The number of halogens is 1. The van der Waals surface area contributed by atoms with Crippen LogP contribution in [-0.4, -0.2) is 37.2 Å². The second-order valence-corrected chi connectivity index (χ2v) is 6.09. The Hall–Kier alpha value is 0.160. The third-order valence-corrected chi connectivity index (χ3v) is 4.98. The quantitative estimate of drug-likeness (QED) is 0.686. The van der Waals surface area contributed by atoms with Crippen molar-refractivity contribution in [2.75, 3.05) is 19.0 Å². The number of nitrogens with one attached hydrogen (secondary N) is 1. The molecule has 0 spiro atoms. The van der Waals surface area contributed by atoms with E-state index in [1.54, 1.807) is 0 Å². The molecule has 1 unspecified atom stereocenters. The van der Waals surface area contributed by atoms with Gasteiger partial charge < -0.3 is 0 Å². The minimum Gasteiger partial charge on any atom is -0.196 e. The van der Waals surface area contributed by atoms with Gasteiger partial charge in [-0.1, -0.05) is 20.8 Å². The first-order valence-electron chi connectivity index (χ1n) is 5.70. The molecule has 0 amide bonds. The van der Waals surface area contributed by atoms with Gasteiger partial charge in [0.1, 0.15) is 0 Å². The van der Waals surface area contributed by atoms with Gasteiger partial charge in [0.2, 0.25) is 0 Å². The molecular weight excluding hydrogens is 248 g/mol. The standard InChI is InChI=1S/C10H23ClN2O2S/c1-5-10(4,8-9-11)12-16(14,15)13(6-2)7-3/h12H,5-9H2,1-4H3. The highest BCUT2D eigenvalue weighted by atomic mass is 35.5. The summed E-state index contributed by atoms with van der Waals surface area (Å²) in [5.41, 5.74) is -0.455. The van der Waals surface area contributed by atoms with E-state index >= 15 is 0 Å². The van der Waals surface area contributed by atoms with Gasteiger partial charge in [0.15, 0.2) is 0 Å². The van der Waals surface area contributed by atoms with Gasteiger partial charge in [0.05, 0.1) is 0 Å². The van der Waals surface area contributed by atoms with Crippen LogP contribution in [0.4, 0.5) is 0 Å². The summed E-state index contributed by atoms with van der Waals surface area (Å²) in [7, 11) is -3.39. The Kier molecular flexibility index (Phi) is 6.86. The molecule has 0 aliphatic rings. The SMILES string of the molecule is CCN(CC)S(=O)(=O)NC(C)(CC)CCCl. The van der Waals surface area contributed by atoms with Crippen LogP contribution >= 0.6 is 11.6 Å². The molecule has 16 heavy (non-hydrogen) atoms. The lowest BCUT2D eigenvalue weighted by Crippen LogP contribution is -2.51. The maximum Gasteiger partial charge on any atom is 0.279 e. The second kappa shape index (κ2) is 6.79. The average Bonchev–Trinajstić information content (AvgIpc) is 2.18. The van der Waals surface area contributed by atoms with Crippen LogP contribution in [0, 0.1) is 0 Å². The van der Waals surface area contributed by atoms with Gasteiger partial charge in [-0.25, -0.2) is 0 Å². The molecule has 0 saturated carbocycles. The molecule has 0 bridgehead atoms. The lowest BCUT2D eigenvalue weighted by molar-refractivity contribution is 0.361. The van der Waals surface area contributed by atoms with Gasteiger partial charge in [0.25, 0.3) is 10.2 Å². The largest absolute Gasteiger partial charge is 0.279 e. The smallest absolute Gasteiger partial charge is 0.196 e. The Bertz CT molecular complexity index is 291. The highest BCUT2D eigenvalue weighted by Gasteiger charge is 2.30. The van der Waals surface area contributed by atoms with Gasteiger partial charge in [-0.05, 0) is 19.8 Å². The first-order chi connectivity index (χ1) is 7.35. The summed E-state index contributed by atoms with van der Waals surface area (Å²) in [5.74, 6) is 0.450. The molecule has 0 saturated heterocycles. The van der Waals surface area contributed by atoms with Crippen LogP contribution in [0.2, 0.25) is 0 Å². The molecule has 0 aromatic heterocycles. The molecule has 4 nitrogen and oxygen atoms in total. The second-order valence-electron chi connectivity index (χ2n) is 4.04. The van der Waals surface area contributed by atoms with Crippen molar-refractivity contribution in [1.82, 2.24) is 9.03 Å². The number of hydrogen-bond donors (Lipinski definition) is 1. The summed E-state index contributed by atoms with van der Waals surface area (Å²) in [6.45, 7) is 8.45. The Morgan fingerprint density at radius 2 is 1.75 bits per heavy atom. The Balaban J connectivity index is 4.79. The molecule has 0 aliphatic heterocycles. The molecule has 0 radical (unpaired) electrons. The zero-order valence-corrected chi connectivity index (χ0v) is 12.2. The number of nitrogens with zero attached hydrogens (tertiary/aromatic N) is 1. The summed E-state index contributed by atoms with van der Waals surface area (Å²) in [6, 6.07) is 0. The third-order valence-electron chi connectivity index (χ3n) is 2.85. The van der Waals surface area contributed by atoms with Crippen molar-refractivity contribution >= 4 is 21.8 Å². The molecule has 6 heteroatoms. The third kappa shape index (κ3) is 4.57. The highest BCUT2D eigenvalue weighted by molar-refractivity contribution is 7.87. The summed E-state index contributed by atoms with van der Waals surface area (Å²) >= 11 is 5.69. The number of hydrogen-bond acceptors (Lipinski definition) is 2. The predicted octanol–water partition coefficient (Wildman–Crippen LogP) is 1.96. The normalized spacial score (nSPS) is 16.4. The number of alkyl halides is 1. The fraction of sp³-hybridized carbons (Fsp3) is 1.00. The fourth-order valence-corrected chi connectivity index (χ4v) is 3.54. The van der Waals surface area contributed by atoms with Gasteiger partial charge in [0, 0.05) is 24.5 Å². The van der Waals surface area contributed by atoms with E-state index in [0.29, 0.717) is 25.4 Å². The van der Waals surface area contributed by atoms with E-state index < -0.39 is 15.7 Å². The lowest BCUT2D eigenvalue weighted by atomic mass is 9.97. The van der Waals surface area contributed by atoms with E-state index in [1.165, 1.54) is 4.31 Å². The van der Waals surface area contributed by atoms with E-state index in [4.69, 9.17) is 11.6 Å². The zero-order chi connectivity index (χ0) is 12.8. The monoisotopic (exact) mass is 270 g/mol. The van der Waals surface area contributed by atoms with E-state index in [2.05, 4.69) is 4.72 Å². The van der Waals surface area contributed by atoms with E-state index in [9.17, 15) is 8.42 Å². The summed E-state index contributed by atoms with van der Waals surface area (Å²) in [6.07, 6.45) is 1.35. The first-order valence-corrected chi connectivity index (χ1v) is 7.67. The van der Waals surface area contributed by atoms with Crippen molar-refractivity contribution in [2.24, 2.45) is 0 Å². The zero-order valence-electron chi connectivity index (χ0n) is 10.6. The maximum atomic E-state index is 12.0. The maximum absolute atomic E-state index is 12.0. The van der Waals surface area contributed by atoms with Crippen molar-refractivity contribution in [3.05, 3.63) is 0 Å². The van der Waals surface area contributed by atoms with Crippen LogP contribution in [0.15, 0.2) is 0 Å². The molecule has 0 rings (SSSR count). The van der Waals surface area contributed by atoms with E-state index in [-0.39, 0.29) is 0 Å². The van der Waals surface area contributed by atoms with E-state index in [1.807, 2.05) is 27.7 Å². The van der Waals surface area contributed by atoms with Crippen LogP contribution in [0.5, 0.6) is 0 Å². The predicted molar refractivity (Wildman–Crippen MR) is 69.0 cm³/mol. The Morgan fingerprint density at radius 3 is 2.06 bits per heavy atom. The molecule has 1 N–H and O–H groups in total. The van der Waals surface area contributed by atoms with Crippen molar-refractivity contribution < 1.29 is 8.42 Å². The van der Waals surface area contributed by atoms with Crippen molar-refractivity contribution in [2.45, 2.75) is 46.1 Å². The number of rotatable bonds is 8. The average molecular weight is 271 g/mol. The molecule has 0 heterocycles. The van der Waals surface area contributed by atoms with E-state index in [0.717, 1.165) is 6.42 Å². The van der Waals surface area contributed by atoms with Crippen LogP contribution in [0.1, 0.15) is 40.5 Å². The van der Waals surface area contributed by atoms with Crippen LogP contribution in [-0.2, 0) is 10.2 Å². The summed E-state index contributed by atoms with van der Waals surface area (Å²) < 4.78 is 28.2. The lowest BCUT2D eigenvalue weighted by Gasteiger charge is -2.31. The molecular formula is C10H23ClN2O2S. The fourth-order valence-electron chi connectivity index (χ4n) is 1.45. The first kappa shape index (κ1) is 16.2. The Morgan fingerprint density at radius 1 is 1.25 bits per heavy atom. The van der Waals surface area contributed by atoms with Crippen LogP contribution in [0.25, 0.3) is 0 Å². The topological polar surface area (TPSA) is 49.4 Å². The Labute approximate surface area is 105 Å². The van der Waals surface area contributed by atoms with Gasteiger partial charge in [-0.3, -0.25) is 0 Å². The highest BCUT2D eigenvalue weighted by Crippen LogP contribution is 2.17. The van der Waals surface area contributed by atoms with Gasteiger partial charge in [-0.15, -0.1) is 11.6 Å². The summed E-state index contributed by atoms with van der Waals surface area (Å²) in [4.78, 5) is 0. The minimum absolute atomic E-state index is 0.450. The molecule has 0 aliphatic carbocycles. The van der Waals surface area contributed by atoms with Gasteiger partial charge in [-0.2, -0.15) is 17.4 Å². The molecule has 98 valence electrons. The van der Waals surface area contributed by atoms with Gasteiger partial charge >= 0.3 is 0 Å². The molecule has 0 aromatic rings. The van der Waals surface area contributed by atoms with Crippen molar-refractivity contribution in [1.29, 1.82) is 0 Å². The van der Waals surface area contributed by atoms with Crippen LogP contribution < -0.4 is 4.72 Å². The molecule has 0 fully saturated rings. The van der Waals surface area contributed by atoms with Crippen molar-refractivity contribution in [3.63, 3.8) is 0 Å².